The van der Waals surface area contributed by atoms with Crippen LogP contribution in [0.4, 0.5) is 5.69 Å². The molecule has 0 radical (unpaired) electrons. The third-order valence-electron chi connectivity index (χ3n) is 6.73. The fourth-order valence-corrected chi connectivity index (χ4v) is 5.97. The number of aliphatic hydroxyl groups excluding tert-OH is 1. The highest BCUT2D eigenvalue weighted by Gasteiger charge is 2.31. The van der Waals surface area contributed by atoms with E-state index in [0.717, 1.165) is 52.3 Å². The Labute approximate surface area is 200 Å². The van der Waals surface area contributed by atoms with Crippen molar-refractivity contribution in [2.45, 2.75) is 45.1 Å². The van der Waals surface area contributed by atoms with Crippen LogP contribution in [0.25, 0.3) is 16.0 Å². The van der Waals surface area contributed by atoms with Crippen LogP contribution in [0.15, 0.2) is 30.0 Å². The number of fused-ring (bicyclic) bond motifs is 3. The van der Waals surface area contributed by atoms with E-state index in [1.54, 1.807) is 6.07 Å². The first kappa shape index (κ1) is 22.5. The lowest BCUT2D eigenvalue weighted by molar-refractivity contribution is -0.137. The molecule has 2 N–H and O–H groups in total. The van der Waals surface area contributed by atoms with E-state index in [4.69, 9.17) is 10.1 Å². The topological polar surface area (TPSA) is 107 Å². The highest BCUT2D eigenvalue weighted by molar-refractivity contribution is 7.19. The van der Waals surface area contributed by atoms with E-state index in [9.17, 15) is 14.4 Å². The predicted octanol–water partition coefficient (Wildman–Crippen LogP) is 2.92. The van der Waals surface area contributed by atoms with Gasteiger partial charge < -0.3 is 15.3 Å². The van der Waals surface area contributed by atoms with Crippen molar-refractivity contribution in [1.82, 2.24) is 19.2 Å². The van der Waals surface area contributed by atoms with E-state index in [1.807, 2.05) is 35.4 Å². The minimum absolute atomic E-state index is 0.0338. The van der Waals surface area contributed by atoms with Crippen LogP contribution in [-0.4, -0.2) is 68.3 Å². The zero-order valence-electron chi connectivity index (χ0n) is 19.2. The van der Waals surface area contributed by atoms with Gasteiger partial charge in [0, 0.05) is 30.5 Å². The van der Waals surface area contributed by atoms with Crippen molar-refractivity contribution in [3.05, 3.63) is 40.5 Å². The summed E-state index contributed by atoms with van der Waals surface area (Å²) in [6.07, 6.45) is 6.91. The summed E-state index contributed by atoms with van der Waals surface area (Å²) in [5.74, 6) is -0.886. The van der Waals surface area contributed by atoms with Crippen LogP contribution in [0, 0.1) is 6.92 Å². The first-order valence-corrected chi connectivity index (χ1v) is 12.3. The van der Waals surface area contributed by atoms with Crippen LogP contribution in [0.1, 0.15) is 47.5 Å². The van der Waals surface area contributed by atoms with E-state index >= 15 is 0 Å². The van der Waals surface area contributed by atoms with Gasteiger partial charge in [0.1, 0.15) is 10.6 Å². The molecule has 0 atom stereocenters. The maximum Gasteiger partial charge on any atom is 0.277 e. The Morgan fingerprint density at radius 3 is 2.76 bits per heavy atom. The number of carbonyl (C=O) groups excluding carboxylic acids is 3. The first-order chi connectivity index (χ1) is 16.4. The smallest absolute Gasteiger partial charge is 0.277 e. The number of amides is 3. The highest BCUT2D eigenvalue weighted by Crippen LogP contribution is 2.32. The number of β-amino-alcohol motifs (C(OH)–C–C–N with tert-alkyl or cyclic N) is 1. The summed E-state index contributed by atoms with van der Waals surface area (Å²) >= 11 is 1.40. The van der Waals surface area contributed by atoms with Crippen molar-refractivity contribution < 1.29 is 19.5 Å². The maximum absolute atomic E-state index is 13.3. The SMILES string of the molecule is Cc1c(C(=O)N(C)C2CCCCC2)sc2nc3ccc(NC4=CC(=O)N(CCO)C4=O)cc3n12. The van der Waals surface area contributed by atoms with Crippen LogP contribution in [0.3, 0.4) is 0 Å². The third kappa shape index (κ3) is 3.76. The second-order valence-corrected chi connectivity index (χ2v) is 9.84. The fourth-order valence-electron chi connectivity index (χ4n) is 4.85. The lowest BCUT2D eigenvalue weighted by Gasteiger charge is -2.31. The number of hydrogen-bond acceptors (Lipinski definition) is 7. The summed E-state index contributed by atoms with van der Waals surface area (Å²) in [5, 5.41) is 12.1. The standard InChI is InChI=1S/C24H27N5O4S/c1-14-21(23(33)27(2)16-6-4-3-5-7-16)34-24-26-17-9-8-15(12-19(17)29(14)24)25-18-13-20(31)28(10-11-30)22(18)32/h8-9,12-13,16,25,30H,3-7,10-11H2,1-2H3. The Bertz CT molecular complexity index is 1330. The van der Waals surface area contributed by atoms with Gasteiger partial charge in [-0.3, -0.25) is 23.7 Å². The minimum Gasteiger partial charge on any atom is -0.395 e. The number of rotatable bonds is 6. The number of aromatic nitrogens is 2. The number of anilines is 1. The molecule has 0 saturated heterocycles. The molecule has 3 amide bonds. The zero-order chi connectivity index (χ0) is 24.0. The lowest BCUT2D eigenvalue weighted by atomic mass is 9.94. The fraction of sp³-hybridized carbons (Fsp3) is 0.417. The van der Waals surface area contributed by atoms with Crippen molar-refractivity contribution in [3.63, 3.8) is 0 Å². The molecule has 0 bridgehead atoms. The van der Waals surface area contributed by atoms with E-state index in [2.05, 4.69) is 5.32 Å². The number of aliphatic hydroxyl groups is 1. The number of nitrogens with one attached hydrogen (secondary N) is 1. The van der Waals surface area contributed by atoms with Crippen molar-refractivity contribution in [3.8, 4) is 0 Å². The van der Waals surface area contributed by atoms with E-state index in [0.29, 0.717) is 10.6 Å². The molecule has 178 valence electrons. The van der Waals surface area contributed by atoms with E-state index in [1.165, 1.54) is 23.8 Å². The number of thiazole rings is 1. The summed E-state index contributed by atoms with van der Waals surface area (Å²) in [5.41, 5.74) is 3.23. The monoisotopic (exact) mass is 481 g/mol. The molecular formula is C24H27N5O4S. The van der Waals surface area contributed by atoms with Crippen LogP contribution in [0.5, 0.6) is 0 Å². The molecule has 9 nitrogen and oxygen atoms in total. The molecule has 34 heavy (non-hydrogen) atoms. The summed E-state index contributed by atoms with van der Waals surface area (Å²) in [4.78, 5) is 46.8. The Morgan fingerprint density at radius 1 is 1.26 bits per heavy atom. The molecule has 0 unspecified atom stereocenters. The average molecular weight is 482 g/mol. The van der Waals surface area contributed by atoms with Crippen molar-refractivity contribution >= 4 is 50.7 Å². The number of benzene rings is 1. The Balaban J connectivity index is 1.44. The third-order valence-corrected chi connectivity index (χ3v) is 7.86. The van der Waals surface area contributed by atoms with Crippen LogP contribution < -0.4 is 5.32 Å². The number of aryl methyl sites for hydroxylation is 1. The second-order valence-electron chi connectivity index (χ2n) is 8.86. The molecule has 1 saturated carbocycles. The second kappa shape index (κ2) is 8.84. The van der Waals surface area contributed by atoms with E-state index in [-0.39, 0.29) is 30.8 Å². The largest absolute Gasteiger partial charge is 0.395 e. The predicted molar refractivity (Wildman–Crippen MR) is 130 cm³/mol. The van der Waals surface area contributed by atoms with Gasteiger partial charge in [-0.05, 0) is 38.0 Å². The summed E-state index contributed by atoms with van der Waals surface area (Å²) in [6, 6.07) is 5.79. The first-order valence-electron chi connectivity index (χ1n) is 11.5. The van der Waals surface area contributed by atoms with Gasteiger partial charge in [0.2, 0.25) is 0 Å². The van der Waals surface area contributed by atoms with Gasteiger partial charge in [0.05, 0.1) is 24.2 Å². The number of nitrogens with zero attached hydrogens (tertiary/aromatic N) is 4. The van der Waals surface area contributed by atoms with E-state index < -0.39 is 11.8 Å². The molecule has 1 aromatic carbocycles. The van der Waals surface area contributed by atoms with Crippen LogP contribution >= 0.6 is 11.3 Å². The minimum atomic E-state index is -0.470. The molecule has 3 heterocycles. The van der Waals surface area contributed by atoms with Gasteiger partial charge >= 0.3 is 0 Å². The average Bonchev–Trinajstić information content (AvgIpc) is 3.45. The Morgan fingerprint density at radius 2 is 2.03 bits per heavy atom. The Hall–Kier alpha value is -3.24. The molecule has 5 rings (SSSR count). The molecule has 1 aliphatic carbocycles. The number of carbonyl (C=O) groups is 3. The summed E-state index contributed by atoms with van der Waals surface area (Å²) in [7, 11) is 1.90. The summed E-state index contributed by atoms with van der Waals surface area (Å²) < 4.78 is 1.97. The number of imidazole rings is 1. The quantitative estimate of drug-likeness (QED) is 0.525. The molecule has 2 aromatic heterocycles. The van der Waals surface area contributed by atoms with Gasteiger partial charge in [-0.2, -0.15) is 0 Å². The van der Waals surface area contributed by atoms with Gasteiger partial charge in [0.25, 0.3) is 17.7 Å². The maximum atomic E-state index is 13.3. The van der Waals surface area contributed by atoms with Gasteiger partial charge in [-0.1, -0.05) is 30.6 Å². The molecule has 2 aliphatic rings. The molecule has 1 fully saturated rings. The van der Waals surface area contributed by atoms with Gasteiger partial charge in [-0.25, -0.2) is 4.98 Å². The number of hydrogen-bond donors (Lipinski definition) is 2. The Kier molecular flexibility index (Phi) is 5.86. The zero-order valence-corrected chi connectivity index (χ0v) is 20.0. The van der Waals surface area contributed by atoms with Crippen LogP contribution in [0.2, 0.25) is 0 Å². The molecular weight excluding hydrogens is 454 g/mol. The van der Waals surface area contributed by atoms with Gasteiger partial charge in [0.15, 0.2) is 4.96 Å². The lowest BCUT2D eigenvalue weighted by Crippen LogP contribution is -2.38. The molecule has 10 heteroatoms. The van der Waals surface area contributed by atoms with Crippen LogP contribution in [-0.2, 0) is 9.59 Å². The van der Waals surface area contributed by atoms with Gasteiger partial charge in [-0.15, -0.1) is 0 Å². The summed E-state index contributed by atoms with van der Waals surface area (Å²) in [6.45, 7) is 1.61. The highest BCUT2D eigenvalue weighted by atomic mass is 32.1. The molecule has 0 spiro atoms. The number of imide groups is 1. The molecule has 3 aromatic rings. The normalized spacial score (nSPS) is 17.1. The van der Waals surface area contributed by atoms with Crippen molar-refractivity contribution in [1.29, 1.82) is 0 Å². The van der Waals surface area contributed by atoms with Crippen molar-refractivity contribution in [2.75, 3.05) is 25.5 Å². The van der Waals surface area contributed by atoms with Crippen molar-refractivity contribution in [2.24, 2.45) is 0 Å². The molecule has 1 aliphatic heterocycles.